The lowest BCUT2D eigenvalue weighted by molar-refractivity contribution is -0.136. The van der Waals surface area contributed by atoms with Crippen LogP contribution in [0.1, 0.15) is 36.8 Å². The van der Waals surface area contributed by atoms with Crippen LogP contribution in [-0.4, -0.2) is 28.5 Å². The van der Waals surface area contributed by atoms with Crippen LogP contribution >= 0.6 is 11.8 Å². The molecule has 2 atom stereocenters. The molecule has 5 nitrogen and oxygen atoms in total. The molecule has 2 aromatic carbocycles. The van der Waals surface area contributed by atoms with E-state index < -0.39 is 22.5 Å². The Kier molecular flexibility index (Phi) is 5.90. The summed E-state index contributed by atoms with van der Waals surface area (Å²) in [5.41, 5.74) is 12.9. The van der Waals surface area contributed by atoms with Gasteiger partial charge in [-0.1, -0.05) is 42.1 Å². The second kappa shape index (κ2) is 8.45. The fraction of sp³-hybridized carbons (Fsp3) is 0.364. The molecule has 0 bridgehead atoms. The summed E-state index contributed by atoms with van der Waals surface area (Å²) in [6.45, 7) is 0.426. The Morgan fingerprint density at radius 3 is 2.63 bits per heavy atom. The molecule has 0 spiro atoms. The van der Waals surface area contributed by atoms with Crippen molar-refractivity contribution in [3.63, 3.8) is 0 Å². The molecular weight excluding hydrogens is 406 g/mol. The lowest BCUT2D eigenvalue weighted by atomic mass is 9.99. The second-order valence-corrected chi connectivity index (χ2v) is 8.95. The van der Waals surface area contributed by atoms with Gasteiger partial charge in [-0.2, -0.15) is 5.10 Å². The van der Waals surface area contributed by atoms with Gasteiger partial charge in [0.15, 0.2) is 0 Å². The van der Waals surface area contributed by atoms with Gasteiger partial charge in [0, 0.05) is 5.56 Å². The van der Waals surface area contributed by atoms with E-state index in [1.54, 1.807) is 0 Å². The molecule has 0 radical (unpaired) electrons. The second-order valence-electron chi connectivity index (χ2n) is 7.69. The number of rotatable bonds is 7. The highest BCUT2D eigenvalue weighted by Gasteiger charge is 2.51. The van der Waals surface area contributed by atoms with Crippen molar-refractivity contribution in [1.82, 2.24) is 5.01 Å². The van der Waals surface area contributed by atoms with Crippen LogP contribution in [0.25, 0.3) is 0 Å². The van der Waals surface area contributed by atoms with Gasteiger partial charge in [-0.15, -0.1) is 0 Å². The molecule has 1 aliphatic heterocycles. The van der Waals surface area contributed by atoms with E-state index in [0.29, 0.717) is 19.4 Å². The zero-order valence-electron chi connectivity index (χ0n) is 16.4. The largest absolute Gasteiger partial charge is 0.330 e. The van der Waals surface area contributed by atoms with E-state index in [-0.39, 0.29) is 22.4 Å². The Balaban J connectivity index is 1.82. The molecule has 2 aromatic rings. The van der Waals surface area contributed by atoms with Gasteiger partial charge in [-0.3, -0.25) is 4.79 Å². The first-order valence-corrected chi connectivity index (χ1v) is 10.9. The maximum Gasteiger partial charge on any atom is 0.261 e. The Hall–Kier alpha value is -2.29. The average Bonchev–Trinajstić information content (AvgIpc) is 3.54. The summed E-state index contributed by atoms with van der Waals surface area (Å²) in [5.74, 6) is -1.33. The first-order valence-electron chi connectivity index (χ1n) is 10.0. The topological polar surface area (TPSA) is 84.7 Å². The van der Waals surface area contributed by atoms with E-state index in [9.17, 15) is 13.6 Å². The smallest absolute Gasteiger partial charge is 0.261 e. The summed E-state index contributed by atoms with van der Waals surface area (Å²) in [6, 6.07) is 12.0. The molecule has 0 aromatic heterocycles. The highest BCUT2D eigenvalue weighted by atomic mass is 32.2. The highest BCUT2D eigenvalue weighted by Crippen LogP contribution is 2.51. The number of hydrogen-bond donors (Lipinski definition) is 2. The molecule has 1 fully saturated rings. The number of nitrogens with zero attached hydrogens (tertiary/aromatic N) is 2. The predicted octanol–water partition coefficient (Wildman–Crippen LogP) is 3.53. The third-order valence-electron chi connectivity index (χ3n) is 5.53. The number of carbonyl (C=O) groups excluding carboxylic acids is 1. The van der Waals surface area contributed by atoms with E-state index in [1.807, 2.05) is 30.3 Å². The molecule has 1 aliphatic carbocycles. The van der Waals surface area contributed by atoms with Gasteiger partial charge in [-0.05, 0) is 61.9 Å². The Bertz CT molecular complexity index is 967. The standard InChI is InChI=1S/C22H24F2N4OS/c23-16-9-10-18(24)17(13-16)20-27-28(21(29)19(26)14-7-8-14)22(30-20,11-4-12-25)15-5-2-1-3-6-15/h1-3,5-6,9-10,13-14,19H,4,7-8,11-12,25-26H2/t19-,22?/m0/s1. The van der Waals surface area contributed by atoms with Crippen LogP contribution in [0.15, 0.2) is 53.6 Å². The maximum absolute atomic E-state index is 14.5. The first-order chi connectivity index (χ1) is 14.5. The van der Waals surface area contributed by atoms with Crippen LogP contribution in [-0.2, 0) is 9.67 Å². The summed E-state index contributed by atoms with van der Waals surface area (Å²) in [5, 5.41) is 6.16. The van der Waals surface area contributed by atoms with Gasteiger partial charge in [-0.25, -0.2) is 13.8 Å². The van der Waals surface area contributed by atoms with Crippen LogP contribution in [0.2, 0.25) is 0 Å². The molecule has 2 aliphatic rings. The summed E-state index contributed by atoms with van der Waals surface area (Å²) in [7, 11) is 0. The number of hydrogen-bond acceptors (Lipinski definition) is 5. The third-order valence-corrected chi connectivity index (χ3v) is 6.97. The van der Waals surface area contributed by atoms with Gasteiger partial charge in [0.25, 0.3) is 5.91 Å². The van der Waals surface area contributed by atoms with Crippen LogP contribution in [0.5, 0.6) is 0 Å². The van der Waals surface area contributed by atoms with Crippen LogP contribution < -0.4 is 11.5 Å². The fourth-order valence-corrected chi connectivity index (χ4v) is 5.14. The van der Waals surface area contributed by atoms with E-state index in [4.69, 9.17) is 11.5 Å². The van der Waals surface area contributed by atoms with Crippen molar-refractivity contribution in [2.24, 2.45) is 22.5 Å². The van der Waals surface area contributed by atoms with E-state index in [0.717, 1.165) is 36.6 Å². The van der Waals surface area contributed by atoms with E-state index in [1.165, 1.54) is 16.8 Å². The minimum Gasteiger partial charge on any atom is -0.330 e. The molecular formula is C22H24F2N4OS. The van der Waals surface area contributed by atoms with Crippen LogP contribution in [0.4, 0.5) is 8.78 Å². The quantitative estimate of drug-likeness (QED) is 0.704. The molecule has 1 amide bonds. The van der Waals surface area contributed by atoms with Crippen molar-refractivity contribution in [2.45, 2.75) is 36.6 Å². The van der Waals surface area contributed by atoms with Crippen molar-refractivity contribution < 1.29 is 13.6 Å². The summed E-state index contributed by atoms with van der Waals surface area (Å²) < 4.78 is 28.4. The van der Waals surface area contributed by atoms with Crippen LogP contribution in [0, 0.1) is 17.6 Å². The molecule has 158 valence electrons. The lowest BCUT2D eigenvalue weighted by Gasteiger charge is -2.37. The molecule has 1 unspecified atom stereocenters. The van der Waals surface area contributed by atoms with Crippen molar-refractivity contribution in [3.8, 4) is 0 Å². The minimum absolute atomic E-state index is 0.0309. The van der Waals surface area contributed by atoms with Gasteiger partial charge in [0.05, 0.1) is 6.04 Å². The Morgan fingerprint density at radius 2 is 1.97 bits per heavy atom. The molecule has 1 saturated carbocycles. The number of carbonyl (C=O) groups is 1. The zero-order valence-corrected chi connectivity index (χ0v) is 17.2. The zero-order chi connectivity index (χ0) is 21.3. The number of hydrazone groups is 1. The molecule has 1 heterocycles. The molecule has 8 heteroatoms. The predicted molar refractivity (Wildman–Crippen MR) is 114 cm³/mol. The summed E-state index contributed by atoms with van der Waals surface area (Å²) in [6.07, 6.45) is 2.94. The third kappa shape index (κ3) is 3.87. The minimum atomic E-state index is -0.918. The van der Waals surface area contributed by atoms with Crippen molar-refractivity contribution >= 4 is 22.7 Å². The monoisotopic (exact) mass is 430 g/mol. The molecule has 0 saturated heterocycles. The number of halogens is 2. The highest BCUT2D eigenvalue weighted by molar-refractivity contribution is 8.15. The SMILES string of the molecule is NCCCC1(c2ccccc2)SC(c2cc(F)ccc2F)=NN1C(=O)[C@@H](N)C1CC1. The van der Waals surface area contributed by atoms with Gasteiger partial charge in [0.1, 0.15) is 21.5 Å². The van der Waals surface area contributed by atoms with Crippen molar-refractivity contribution in [1.29, 1.82) is 0 Å². The van der Waals surface area contributed by atoms with Gasteiger partial charge >= 0.3 is 0 Å². The number of benzene rings is 2. The van der Waals surface area contributed by atoms with Crippen molar-refractivity contribution in [2.75, 3.05) is 6.54 Å². The summed E-state index contributed by atoms with van der Waals surface area (Å²) >= 11 is 1.25. The molecule has 4 N–H and O–H groups in total. The van der Waals surface area contributed by atoms with E-state index >= 15 is 0 Å². The van der Waals surface area contributed by atoms with Crippen LogP contribution in [0.3, 0.4) is 0 Å². The number of amides is 1. The Labute approximate surface area is 178 Å². The van der Waals surface area contributed by atoms with E-state index in [2.05, 4.69) is 5.10 Å². The normalized spacial score (nSPS) is 22.1. The van der Waals surface area contributed by atoms with Gasteiger partial charge in [0.2, 0.25) is 0 Å². The fourth-order valence-electron chi connectivity index (χ4n) is 3.71. The lowest BCUT2D eigenvalue weighted by Crippen LogP contribution is -2.49. The molecule has 30 heavy (non-hydrogen) atoms. The summed E-state index contributed by atoms with van der Waals surface area (Å²) in [4.78, 5) is 12.5. The first kappa shape index (κ1) is 21.0. The maximum atomic E-state index is 14.5. The Morgan fingerprint density at radius 1 is 1.23 bits per heavy atom. The number of thioether (sulfide) groups is 1. The molecule has 4 rings (SSSR count). The average molecular weight is 431 g/mol. The number of nitrogens with two attached hydrogens (primary N) is 2. The van der Waals surface area contributed by atoms with Crippen molar-refractivity contribution in [3.05, 3.63) is 71.3 Å². The van der Waals surface area contributed by atoms with Gasteiger partial charge < -0.3 is 11.5 Å².